The van der Waals surface area contributed by atoms with Gasteiger partial charge in [0.2, 0.25) is 0 Å². The van der Waals surface area contributed by atoms with Gasteiger partial charge in [-0.1, -0.05) is 0 Å². The summed E-state index contributed by atoms with van der Waals surface area (Å²) < 4.78 is 0. The van der Waals surface area contributed by atoms with Gasteiger partial charge in [0.15, 0.2) is 0 Å². The van der Waals surface area contributed by atoms with Crippen LogP contribution in [0, 0.1) is 0 Å². The molecule has 0 radical (unpaired) electrons. The molecule has 0 atom stereocenters. The summed E-state index contributed by atoms with van der Waals surface area (Å²) in [6, 6.07) is 0.629. The van der Waals surface area contributed by atoms with E-state index in [-0.39, 0.29) is 0 Å². The quantitative estimate of drug-likeness (QED) is 0.440. The normalized spacial score (nSPS) is 11.6. The standard InChI is InChI=1S/C11H28N4/c1-11(2)15(9-7-13-4)10-8-14-6-5-12-3/h11-14H,5-10H2,1-4H3. The average Bonchev–Trinajstić information content (AvgIpc) is 2.21. The van der Waals surface area contributed by atoms with E-state index in [0.717, 1.165) is 39.3 Å². The molecule has 0 spiro atoms. The lowest BCUT2D eigenvalue weighted by atomic mass is 10.3. The van der Waals surface area contributed by atoms with E-state index in [4.69, 9.17) is 0 Å². The van der Waals surface area contributed by atoms with Crippen LogP contribution in [0.5, 0.6) is 0 Å². The largest absolute Gasteiger partial charge is 0.318 e. The van der Waals surface area contributed by atoms with Gasteiger partial charge in [-0.05, 0) is 27.9 Å². The molecule has 0 aliphatic rings. The zero-order chi connectivity index (χ0) is 11.5. The van der Waals surface area contributed by atoms with E-state index in [1.165, 1.54) is 0 Å². The Morgan fingerprint density at radius 2 is 1.47 bits per heavy atom. The molecule has 3 N–H and O–H groups in total. The second kappa shape index (κ2) is 10.4. The van der Waals surface area contributed by atoms with Crippen LogP contribution in [-0.2, 0) is 0 Å². The third kappa shape index (κ3) is 8.81. The first-order chi connectivity index (χ1) is 7.22. The predicted octanol–water partition coefficient (Wildman–Crippen LogP) is -0.275. The summed E-state index contributed by atoms with van der Waals surface area (Å²) in [6.07, 6.45) is 0. The molecule has 0 aromatic rings. The number of rotatable bonds is 10. The molecule has 0 fully saturated rings. The van der Waals surface area contributed by atoms with Crippen LogP contribution in [0.3, 0.4) is 0 Å². The topological polar surface area (TPSA) is 39.3 Å². The Labute approximate surface area is 94.8 Å². The number of likely N-dealkylation sites (N-methyl/N-ethyl adjacent to an activating group) is 2. The van der Waals surface area contributed by atoms with E-state index in [1.807, 2.05) is 14.1 Å². The molecule has 15 heavy (non-hydrogen) atoms. The van der Waals surface area contributed by atoms with Gasteiger partial charge in [0.1, 0.15) is 0 Å². The Hall–Kier alpha value is -0.160. The molecular formula is C11H28N4. The molecule has 4 nitrogen and oxygen atoms in total. The van der Waals surface area contributed by atoms with Crippen LogP contribution >= 0.6 is 0 Å². The van der Waals surface area contributed by atoms with Crippen LogP contribution in [-0.4, -0.2) is 64.3 Å². The highest BCUT2D eigenvalue weighted by molar-refractivity contribution is 4.65. The summed E-state index contributed by atoms with van der Waals surface area (Å²) in [5.41, 5.74) is 0. The minimum absolute atomic E-state index is 0.629. The third-order valence-electron chi connectivity index (χ3n) is 2.51. The van der Waals surface area contributed by atoms with Gasteiger partial charge in [-0.15, -0.1) is 0 Å². The van der Waals surface area contributed by atoms with E-state index in [0.29, 0.717) is 6.04 Å². The van der Waals surface area contributed by atoms with Gasteiger partial charge in [0.25, 0.3) is 0 Å². The van der Waals surface area contributed by atoms with E-state index in [1.54, 1.807) is 0 Å². The summed E-state index contributed by atoms with van der Waals surface area (Å²) >= 11 is 0. The lowest BCUT2D eigenvalue weighted by Crippen LogP contribution is -2.41. The minimum Gasteiger partial charge on any atom is -0.318 e. The van der Waals surface area contributed by atoms with Gasteiger partial charge in [-0.3, -0.25) is 4.90 Å². The van der Waals surface area contributed by atoms with Crippen LogP contribution < -0.4 is 16.0 Å². The monoisotopic (exact) mass is 216 g/mol. The predicted molar refractivity (Wildman–Crippen MR) is 67.4 cm³/mol. The van der Waals surface area contributed by atoms with Crippen LogP contribution in [0.1, 0.15) is 13.8 Å². The lowest BCUT2D eigenvalue weighted by Gasteiger charge is -2.26. The number of nitrogens with zero attached hydrogens (tertiary/aromatic N) is 1. The van der Waals surface area contributed by atoms with Crippen LogP contribution in [0.4, 0.5) is 0 Å². The minimum atomic E-state index is 0.629. The van der Waals surface area contributed by atoms with Crippen molar-refractivity contribution >= 4 is 0 Å². The van der Waals surface area contributed by atoms with Gasteiger partial charge < -0.3 is 16.0 Å². The highest BCUT2D eigenvalue weighted by Crippen LogP contribution is 1.95. The second-order valence-corrected chi connectivity index (χ2v) is 4.09. The molecule has 0 amide bonds. The summed E-state index contributed by atoms with van der Waals surface area (Å²) in [6.45, 7) is 11.0. The molecule has 0 unspecified atom stereocenters. The smallest absolute Gasteiger partial charge is 0.0110 e. The average molecular weight is 216 g/mol. The first-order valence-electron chi connectivity index (χ1n) is 5.96. The first kappa shape index (κ1) is 14.8. The molecule has 0 heterocycles. The maximum atomic E-state index is 3.42. The van der Waals surface area contributed by atoms with Crippen LogP contribution in [0.25, 0.3) is 0 Å². The summed E-state index contributed by atoms with van der Waals surface area (Å²) in [7, 11) is 3.98. The zero-order valence-electron chi connectivity index (χ0n) is 10.8. The van der Waals surface area contributed by atoms with E-state index in [2.05, 4.69) is 34.7 Å². The highest BCUT2D eigenvalue weighted by atomic mass is 15.2. The summed E-state index contributed by atoms with van der Waals surface area (Å²) in [5, 5.41) is 9.74. The second-order valence-electron chi connectivity index (χ2n) is 4.09. The Bertz CT molecular complexity index is 128. The molecule has 0 aromatic heterocycles. The SMILES string of the molecule is CNCCNCCN(CCNC)C(C)C. The number of nitrogens with one attached hydrogen (secondary N) is 3. The Balaban J connectivity index is 3.48. The lowest BCUT2D eigenvalue weighted by molar-refractivity contribution is 0.224. The van der Waals surface area contributed by atoms with Gasteiger partial charge >= 0.3 is 0 Å². The van der Waals surface area contributed by atoms with E-state index in [9.17, 15) is 0 Å². The fourth-order valence-electron chi connectivity index (χ4n) is 1.44. The summed E-state index contributed by atoms with van der Waals surface area (Å²) in [4.78, 5) is 2.49. The third-order valence-corrected chi connectivity index (χ3v) is 2.51. The molecule has 0 aromatic carbocycles. The van der Waals surface area contributed by atoms with Crippen LogP contribution in [0.2, 0.25) is 0 Å². The number of hydrogen-bond acceptors (Lipinski definition) is 4. The Morgan fingerprint density at radius 1 is 0.867 bits per heavy atom. The van der Waals surface area contributed by atoms with Crippen LogP contribution in [0.15, 0.2) is 0 Å². The number of hydrogen-bond donors (Lipinski definition) is 3. The Kier molecular flexibility index (Phi) is 10.3. The van der Waals surface area contributed by atoms with Gasteiger partial charge in [0, 0.05) is 45.3 Å². The first-order valence-corrected chi connectivity index (χ1v) is 5.96. The van der Waals surface area contributed by atoms with Gasteiger partial charge in [-0.25, -0.2) is 0 Å². The van der Waals surface area contributed by atoms with Crippen molar-refractivity contribution < 1.29 is 0 Å². The van der Waals surface area contributed by atoms with Crippen molar-refractivity contribution in [3.63, 3.8) is 0 Å². The van der Waals surface area contributed by atoms with Crippen molar-refractivity contribution in [2.45, 2.75) is 19.9 Å². The van der Waals surface area contributed by atoms with Crippen molar-refractivity contribution in [2.75, 3.05) is 53.4 Å². The van der Waals surface area contributed by atoms with Gasteiger partial charge in [0.05, 0.1) is 0 Å². The van der Waals surface area contributed by atoms with Crippen molar-refractivity contribution in [3.8, 4) is 0 Å². The van der Waals surface area contributed by atoms with E-state index >= 15 is 0 Å². The fraction of sp³-hybridized carbons (Fsp3) is 1.00. The van der Waals surface area contributed by atoms with Gasteiger partial charge in [-0.2, -0.15) is 0 Å². The Morgan fingerprint density at radius 3 is 2.00 bits per heavy atom. The molecule has 0 bridgehead atoms. The molecule has 0 saturated carbocycles. The molecule has 0 aliphatic carbocycles. The van der Waals surface area contributed by atoms with Crippen molar-refractivity contribution in [2.24, 2.45) is 0 Å². The van der Waals surface area contributed by atoms with E-state index < -0.39 is 0 Å². The molecule has 0 aliphatic heterocycles. The maximum Gasteiger partial charge on any atom is 0.0110 e. The molecular weight excluding hydrogens is 188 g/mol. The fourth-order valence-corrected chi connectivity index (χ4v) is 1.44. The molecule has 4 heteroatoms. The summed E-state index contributed by atoms with van der Waals surface area (Å²) in [5.74, 6) is 0. The van der Waals surface area contributed by atoms with Crippen molar-refractivity contribution in [1.29, 1.82) is 0 Å². The van der Waals surface area contributed by atoms with Crippen molar-refractivity contribution in [1.82, 2.24) is 20.9 Å². The molecule has 92 valence electrons. The maximum absolute atomic E-state index is 3.42. The van der Waals surface area contributed by atoms with Crippen molar-refractivity contribution in [3.05, 3.63) is 0 Å². The molecule has 0 saturated heterocycles. The highest BCUT2D eigenvalue weighted by Gasteiger charge is 2.07. The molecule has 0 rings (SSSR count). The zero-order valence-corrected chi connectivity index (χ0v) is 10.8.